The van der Waals surface area contributed by atoms with Gasteiger partial charge in [0.25, 0.3) is 0 Å². The summed E-state index contributed by atoms with van der Waals surface area (Å²) in [6.45, 7) is 15.5. The Hall–Kier alpha value is -1.65. The van der Waals surface area contributed by atoms with Gasteiger partial charge in [0.05, 0.1) is 18.8 Å². The first-order chi connectivity index (χ1) is 13.6. The van der Waals surface area contributed by atoms with Crippen molar-refractivity contribution in [1.29, 1.82) is 0 Å². The minimum atomic E-state index is -0.558. The van der Waals surface area contributed by atoms with E-state index in [0.717, 1.165) is 31.7 Å². The molecule has 0 saturated carbocycles. The Morgan fingerprint density at radius 3 is 2.21 bits per heavy atom. The number of unbranched alkanes of at least 4 members (excludes halogenated alkanes) is 2. The van der Waals surface area contributed by atoms with E-state index in [0.29, 0.717) is 19.6 Å². The predicted octanol–water partition coefficient (Wildman–Crippen LogP) is 4.94. The highest BCUT2D eigenvalue weighted by atomic mass is 16.5. The average molecular weight is 387 g/mol. The van der Waals surface area contributed by atoms with Crippen molar-refractivity contribution in [2.75, 3.05) is 44.3 Å². The van der Waals surface area contributed by atoms with E-state index in [-0.39, 0.29) is 5.78 Å². The Bertz CT molecular complexity index is 600. The number of carbonyl (C=O) groups is 1. The van der Waals surface area contributed by atoms with Crippen LogP contribution in [0.2, 0.25) is 0 Å². The van der Waals surface area contributed by atoms with Gasteiger partial charge in [0.15, 0.2) is 5.78 Å². The second-order valence-corrected chi connectivity index (χ2v) is 7.94. The minimum Gasteiger partial charge on any atom is -0.379 e. The summed E-state index contributed by atoms with van der Waals surface area (Å²) in [5, 5.41) is 0. The van der Waals surface area contributed by atoms with Crippen LogP contribution in [0.3, 0.4) is 0 Å². The molecular formula is C24H38N2O2. The molecule has 0 aromatic heterocycles. The highest BCUT2D eigenvalue weighted by molar-refractivity contribution is 6.03. The lowest BCUT2D eigenvalue weighted by Gasteiger charge is -2.41. The summed E-state index contributed by atoms with van der Waals surface area (Å²) in [6, 6.07) is 8.24. The van der Waals surface area contributed by atoms with Crippen LogP contribution >= 0.6 is 0 Å². The molecule has 1 fully saturated rings. The number of hydrogen-bond donors (Lipinski definition) is 0. The minimum absolute atomic E-state index is 0.175. The number of carbonyl (C=O) groups excluding carboxylic acids is 1. The van der Waals surface area contributed by atoms with Gasteiger partial charge in [0.1, 0.15) is 0 Å². The van der Waals surface area contributed by atoms with Gasteiger partial charge in [-0.25, -0.2) is 0 Å². The molecule has 0 spiro atoms. The summed E-state index contributed by atoms with van der Waals surface area (Å²) in [6.07, 6.45) is 7.28. The van der Waals surface area contributed by atoms with Crippen molar-refractivity contribution in [1.82, 2.24) is 4.90 Å². The lowest BCUT2D eigenvalue weighted by Crippen LogP contribution is -2.56. The second kappa shape index (κ2) is 11.4. The van der Waals surface area contributed by atoms with Crippen LogP contribution < -0.4 is 4.90 Å². The van der Waals surface area contributed by atoms with Crippen LogP contribution in [0.15, 0.2) is 36.9 Å². The monoisotopic (exact) mass is 386 g/mol. The first kappa shape index (κ1) is 22.6. The largest absolute Gasteiger partial charge is 0.379 e. The van der Waals surface area contributed by atoms with Gasteiger partial charge in [0, 0.05) is 37.4 Å². The molecule has 4 heteroatoms. The normalized spacial score (nSPS) is 17.1. The van der Waals surface area contributed by atoms with Crippen LogP contribution in [-0.2, 0) is 4.74 Å². The molecule has 1 aromatic carbocycles. The first-order valence-electron chi connectivity index (χ1n) is 10.9. The Kier molecular flexibility index (Phi) is 9.20. The Morgan fingerprint density at radius 1 is 1.14 bits per heavy atom. The molecule has 0 N–H and O–H groups in total. The van der Waals surface area contributed by atoms with Crippen LogP contribution in [-0.4, -0.2) is 55.6 Å². The summed E-state index contributed by atoms with van der Waals surface area (Å²) in [5.74, 6) is 0.175. The molecule has 2 rings (SSSR count). The molecule has 0 amide bonds. The van der Waals surface area contributed by atoms with Crippen molar-refractivity contribution in [3.05, 3.63) is 42.5 Å². The van der Waals surface area contributed by atoms with Gasteiger partial charge in [0.2, 0.25) is 0 Å². The SMILES string of the molecule is C=CCC(C)(C(=O)c1ccc(N(CCCC)CCCC)cc1)N1CCOCC1. The third-order valence-corrected chi connectivity index (χ3v) is 5.80. The zero-order valence-corrected chi connectivity index (χ0v) is 18.1. The fourth-order valence-corrected chi connectivity index (χ4v) is 3.91. The Labute approximate surface area is 171 Å². The van der Waals surface area contributed by atoms with Crippen molar-refractivity contribution in [3.8, 4) is 0 Å². The second-order valence-electron chi connectivity index (χ2n) is 7.94. The molecule has 1 aromatic rings. The van der Waals surface area contributed by atoms with Gasteiger partial charge in [-0.1, -0.05) is 32.8 Å². The van der Waals surface area contributed by atoms with Gasteiger partial charge >= 0.3 is 0 Å². The summed E-state index contributed by atoms with van der Waals surface area (Å²) >= 11 is 0. The van der Waals surface area contributed by atoms with E-state index >= 15 is 0 Å². The number of Topliss-reactive ketones (excluding diaryl/α,β-unsaturated/α-hetero) is 1. The summed E-state index contributed by atoms with van der Waals surface area (Å²) < 4.78 is 5.48. The van der Waals surface area contributed by atoms with E-state index in [2.05, 4.69) is 42.4 Å². The van der Waals surface area contributed by atoms with Crippen LogP contribution in [0.5, 0.6) is 0 Å². The van der Waals surface area contributed by atoms with E-state index in [4.69, 9.17) is 4.74 Å². The smallest absolute Gasteiger partial charge is 0.183 e. The molecule has 1 heterocycles. The van der Waals surface area contributed by atoms with Crippen molar-refractivity contribution in [2.45, 2.75) is 58.4 Å². The molecule has 1 saturated heterocycles. The number of rotatable bonds is 12. The fraction of sp³-hybridized carbons (Fsp3) is 0.625. The van der Waals surface area contributed by atoms with Crippen LogP contribution in [0, 0.1) is 0 Å². The van der Waals surface area contributed by atoms with E-state index in [1.165, 1.54) is 31.4 Å². The lowest BCUT2D eigenvalue weighted by molar-refractivity contribution is -0.00871. The number of anilines is 1. The van der Waals surface area contributed by atoms with Crippen LogP contribution in [0.1, 0.15) is 63.2 Å². The van der Waals surface area contributed by atoms with Gasteiger partial charge in [-0.05, 0) is 50.5 Å². The van der Waals surface area contributed by atoms with E-state index < -0.39 is 5.54 Å². The highest BCUT2D eigenvalue weighted by Crippen LogP contribution is 2.27. The molecule has 1 unspecified atom stereocenters. The lowest BCUT2D eigenvalue weighted by atomic mass is 9.85. The fourth-order valence-electron chi connectivity index (χ4n) is 3.91. The number of morpholine rings is 1. The van der Waals surface area contributed by atoms with Crippen LogP contribution in [0.25, 0.3) is 0 Å². The maximum absolute atomic E-state index is 13.4. The van der Waals surface area contributed by atoms with Gasteiger partial charge < -0.3 is 9.64 Å². The quantitative estimate of drug-likeness (QED) is 0.376. The van der Waals surface area contributed by atoms with Crippen molar-refractivity contribution in [3.63, 3.8) is 0 Å². The Balaban J connectivity index is 2.18. The third kappa shape index (κ3) is 5.68. The number of hydrogen-bond acceptors (Lipinski definition) is 4. The van der Waals surface area contributed by atoms with Crippen molar-refractivity contribution < 1.29 is 9.53 Å². The standard InChI is InChI=1S/C24H38N2O2/c1-5-8-15-25(16-9-6-2)22-12-10-21(11-13-22)23(27)24(4,14-7-3)26-17-19-28-20-18-26/h7,10-13H,3,5-6,8-9,14-20H2,1-2,4H3. The van der Waals surface area contributed by atoms with Crippen LogP contribution in [0.4, 0.5) is 5.69 Å². The zero-order valence-electron chi connectivity index (χ0n) is 18.1. The molecule has 1 aliphatic heterocycles. The predicted molar refractivity (Wildman–Crippen MR) is 118 cm³/mol. The summed E-state index contributed by atoms with van der Waals surface area (Å²) in [5.41, 5.74) is 1.44. The molecule has 0 bridgehead atoms. The molecular weight excluding hydrogens is 348 g/mol. The third-order valence-electron chi connectivity index (χ3n) is 5.80. The number of ether oxygens (including phenoxy) is 1. The highest BCUT2D eigenvalue weighted by Gasteiger charge is 2.39. The molecule has 1 aliphatic rings. The average Bonchev–Trinajstić information content (AvgIpc) is 2.74. The van der Waals surface area contributed by atoms with Gasteiger partial charge in [-0.15, -0.1) is 6.58 Å². The van der Waals surface area contributed by atoms with E-state index in [1.807, 2.05) is 25.1 Å². The molecule has 28 heavy (non-hydrogen) atoms. The summed E-state index contributed by atoms with van der Waals surface area (Å²) in [7, 11) is 0. The zero-order chi connectivity index (χ0) is 20.4. The van der Waals surface area contributed by atoms with Crippen molar-refractivity contribution >= 4 is 11.5 Å². The molecule has 4 nitrogen and oxygen atoms in total. The summed E-state index contributed by atoms with van der Waals surface area (Å²) in [4.78, 5) is 18.1. The maximum atomic E-state index is 13.4. The Morgan fingerprint density at radius 2 is 1.71 bits per heavy atom. The van der Waals surface area contributed by atoms with E-state index in [9.17, 15) is 4.79 Å². The maximum Gasteiger partial charge on any atom is 0.183 e. The molecule has 0 radical (unpaired) electrons. The number of benzene rings is 1. The number of nitrogens with zero attached hydrogens (tertiary/aromatic N) is 2. The molecule has 156 valence electrons. The molecule has 0 aliphatic carbocycles. The van der Waals surface area contributed by atoms with Gasteiger partial charge in [-0.2, -0.15) is 0 Å². The topological polar surface area (TPSA) is 32.8 Å². The van der Waals surface area contributed by atoms with E-state index in [1.54, 1.807) is 0 Å². The number of ketones is 1. The van der Waals surface area contributed by atoms with Gasteiger partial charge in [-0.3, -0.25) is 9.69 Å². The first-order valence-corrected chi connectivity index (χ1v) is 10.9. The molecule has 1 atom stereocenters. The van der Waals surface area contributed by atoms with Crippen molar-refractivity contribution in [2.24, 2.45) is 0 Å².